The Morgan fingerprint density at radius 2 is 2.15 bits per heavy atom. The molecule has 2 rings (SSSR count). The maximum Gasteiger partial charge on any atom is 0.260 e. The van der Waals surface area contributed by atoms with Gasteiger partial charge < -0.3 is 10.1 Å². The normalized spacial score (nSPS) is 11.9. The molecule has 0 fully saturated rings. The van der Waals surface area contributed by atoms with Gasteiger partial charge in [-0.15, -0.1) is 5.10 Å². The highest BCUT2D eigenvalue weighted by Crippen LogP contribution is 2.25. The van der Waals surface area contributed by atoms with E-state index in [0.29, 0.717) is 16.9 Å². The van der Waals surface area contributed by atoms with Gasteiger partial charge in [0.05, 0.1) is 10.2 Å². The van der Waals surface area contributed by atoms with Crippen LogP contribution < -0.4 is 10.1 Å². The summed E-state index contributed by atoms with van der Waals surface area (Å²) in [7, 11) is 0. The van der Waals surface area contributed by atoms with Crippen molar-refractivity contribution in [1.82, 2.24) is 15.1 Å². The summed E-state index contributed by atoms with van der Waals surface area (Å²) >= 11 is 3.39. The van der Waals surface area contributed by atoms with E-state index < -0.39 is 6.10 Å². The number of rotatable bonds is 5. The Labute approximate surface area is 126 Å². The molecule has 106 valence electrons. The highest BCUT2D eigenvalue weighted by Gasteiger charge is 2.17. The summed E-state index contributed by atoms with van der Waals surface area (Å²) in [6.07, 6.45) is 1.21. The number of carbonyl (C=O) groups is 1. The van der Waals surface area contributed by atoms with Crippen molar-refractivity contribution in [3.63, 3.8) is 0 Å². The summed E-state index contributed by atoms with van der Waals surface area (Å²) in [6.45, 7) is 4.13. The first-order chi connectivity index (χ1) is 9.61. The smallest absolute Gasteiger partial charge is 0.260 e. The van der Waals surface area contributed by atoms with E-state index in [0.717, 1.165) is 5.69 Å². The monoisotopic (exact) mass is 337 g/mol. The van der Waals surface area contributed by atoms with E-state index in [-0.39, 0.29) is 5.91 Å². The number of nitrogens with zero attached hydrogens (tertiary/aromatic N) is 2. The molecule has 1 atom stereocenters. The number of ether oxygens (including phenoxy) is 1. The third-order valence-electron chi connectivity index (χ3n) is 2.67. The summed E-state index contributed by atoms with van der Waals surface area (Å²) in [5.74, 6) is 0.237. The van der Waals surface area contributed by atoms with Crippen LogP contribution in [0.1, 0.15) is 13.8 Å². The summed E-state index contributed by atoms with van der Waals surface area (Å²) in [6, 6.07) is 9.69. The molecule has 20 heavy (non-hydrogen) atoms. The predicted octanol–water partition coefficient (Wildman–Crippen LogP) is 2.54. The Hall–Kier alpha value is -1.82. The molecule has 0 saturated heterocycles. The fourth-order valence-electron chi connectivity index (χ4n) is 1.67. The van der Waals surface area contributed by atoms with Gasteiger partial charge in [0.15, 0.2) is 6.10 Å². The van der Waals surface area contributed by atoms with Gasteiger partial charge in [-0.2, -0.15) is 0 Å². The second kappa shape index (κ2) is 6.56. The van der Waals surface area contributed by atoms with Gasteiger partial charge in [0.25, 0.3) is 5.91 Å². The summed E-state index contributed by atoms with van der Waals surface area (Å²) in [5.41, 5.74) is 0.925. The number of nitrogens with one attached hydrogen (secondary N) is 1. The lowest BCUT2D eigenvalue weighted by Crippen LogP contribution is -2.36. The third-order valence-corrected chi connectivity index (χ3v) is 3.21. The van der Waals surface area contributed by atoms with Gasteiger partial charge in [0, 0.05) is 12.7 Å². The number of amides is 1. The molecule has 2 aromatic rings. The quantitative estimate of drug-likeness (QED) is 0.912. The van der Waals surface area contributed by atoms with Crippen LogP contribution in [-0.2, 0) is 4.79 Å². The molecule has 5 nitrogen and oxygen atoms in total. The highest BCUT2D eigenvalue weighted by molar-refractivity contribution is 9.10. The van der Waals surface area contributed by atoms with Crippen molar-refractivity contribution in [2.75, 3.05) is 6.54 Å². The van der Waals surface area contributed by atoms with Crippen LogP contribution in [0.25, 0.3) is 5.69 Å². The number of hydrogen-bond donors (Lipinski definition) is 1. The van der Waals surface area contributed by atoms with Crippen molar-refractivity contribution in [2.24, 2.45) is 0 Å². The first-order valence-corrected chi connectivity index (χ1v) is 7.16. The van der Waals surface area contributed by atoms with Crippen molar-refractivity contribution < 1.29 is 9.53 Å². The largest absolute Gasteiger partial charge is 0.463 e. The lowest BCUT2D eigenvalue weighted by molar-refractivity contribution is -0.127. The Kier molecular flexibility index (Phi) is 4.79. The molecule has 0 saturated carbocycles. The fraction of sp³-hybridized carbons (Fsp3) is 0.286. The van der Waals surface area contributed by atoms with E-state index in [1.807, 2.05) is 37.3 Å². The number of halogens is 1. The first-order valence-electron chi connectivity index (χ1n) is 6.36. The standard InChI is InChI=1S/C14H16BrN3O2/c1-3-16-13(19)10(2)20-14-12(15)9-18(17-14)11-7-5-4-6-8-11/h4-10H,3H2,1-2H3,(H,16,19)/t10-/m1/s1. The minimum Gasteiger partial charge on any atom is -0.463 e. The summed E-state index contributed by atoms with van der Waals surface area (Å²) < 4.78 is 7.98. The molecular weight excluding hydrogens is 322 g/mol. The Morgan fingerprint density at radius 1 is 1.45 bits per heavy atom. The Balaban J connectivity index is 2.14. The molecule has 0 unspecified atom stereocenters. The molecule has 0 aliphatic rings. The fourth-order valence-corrected chi connectivity index (χ4v) is 2.04. The van der Waals surface area contributed by atoms with E-state index in [1.54, 1.807) is 17.8 Å². The van der Waals surface area contributed by atoms with Crippen molar-refractivity contribution in [1.29, 1.82) is 0 Å². The topological polar surface area (TPSA) is 56.1 Å². The van der Waals surface area contributed by atoms with Crippen LogP contribution >= 0.6 is 15.9 Å². The molecule has 0 aliphatic carbocycles. The SMILES string of the molecule is CCNC(=O)[C@@H](C)Oc1nn(-c2ccccc2)cc1Br. The zero-order valence-electron chi connectivity index (χ0n) is 11.3. The van der Waals surface area contributed by atoms with Crippen molar-refractivity contribution in [2.45, 2.75) is 20.0 Å². The lowest BCUT2D eigenvalue weighted by atomic mass is 10.3. The number of likely N-dealkylation sites (N-methyl/N-ethyl adjacent to an activating group) is 1. The van der Waals surface area contributed by atoms with E-state index in [1.165, 1.54) is 0 Å². The van der Waals surface area contributed by atoms with Crippen LogP contribution in [0, 0.1) is 0 Å². The van der Waals surface area contributed by atoms with Crippen LogP contribution in [0.5, 0.6) is 5.88 Å². The molecule has 0 spiro atoms. The molecular formula is C14H16BrN3O2. The number of hydrogen-bond acceptors (Lipinski definition) is 3. The van der Waals surface area contributed by atoms with Gasteiger partial charge in [-0.25, -0.2) is 4.68 Å². The van der Waals surface area contributed by atoms with Gasteiger partial charge >= 0.3 is 0 Å². The van der Waals surface area contributed by atoms with Gasteiger partial charge in [-0.3, -0.25) is 4.79 Å². The van der Waals surface area contributed by atoms with E-state index in [4.69, 9.17) is 4.74 Å². The molecule has 1 N–H and O–H groups in total. The maximum atomic E-state index is 11.6. The summed E-state index contributed by atoms with van der Waals surface area (Å²) in [4.78, 5) is 11.6. The molecule has 0 aliphatic heterocycles. The van der Waals surface area contributed by atoms with E-state index in [2.05, 4.69) is 26.3 Å². The van der Waals surface area contributed by atoms with Crippen LogP contribution in [0.3, 0.4) is 0 Å². The number of para-hydroxylation sites is 1. The van der Waals surface area contributed by atoms with Crippen molar-refractivity contribution in [3.8, 4) is 11.6 Å². The van der Waals surface area contributed by atoms with Crippen molar-refractivity contribution >= 4 is 21.8 Å². The van der Waals surface area contributed by atoms with Gasteiger partial charge in [-0.1, -0.05) is 18.2 Å². The van der Waals surface area contributed by atoms with Crippen LogP contribution in [-0.4, -0.2) is 28.3 Å². The number of carbonyl (C=O) groups excluding carboxylic acids is 1. The van der Waals surface area contributed by atoms with Gasteiger partial charge in [0.2, 0.25) is 5.88 Å². The molecule has 1 amide bonds. The van der Waals surface area contributed by atoms with Crippen molar-refractivity contribution in [3.05, 3.63) is 41.0 Å². The average molecular weight is 338 g/mol. The summed E-state index contributed by atoms with van der Waals surface area (Å²) in [5, 5.41) is 7.04. The minimum absolute atomic E-state index is 0.159. The first kappa shape index (κ1) is 14.6. The Morgan fingerprint density at radius 3 is 2.80 bits per heavy atom. The molecule has 0 radical (unpaired) electrons. The zero-order chi connectivity index (χ0) is 14.5. The molecule has 1 heterocycles. The number of aromatic nitrogens is 2. The lowest BCUT2D eigenvalue weighted by Gasteiger charge is -2.12. The van der Waals surface area contributed by atoms with Crippen LogP contribution in [0.4, 0.5) is 0 Å². The van der Waals surface area contributed by atoms with E-state index in [9.17, 15) is 4.79 Å². The molecule has 6 heteroatoms. The zero-order valence-corrected chi connectivity index (χ0v) is 12.9. The average Bonchev–Trinajstić information content (AvgIpc) is 2.81. The molecule has 0 bridgehead atoms. The van der Waals surface area contributed by atoms with Gasteiger partial charge in [0.1, 0.15) is 0 Å². The maximum absolute atomic E-state index is 11.6. The minimum atomic E-state index is -0.592. The predicted molar refractivity (Wildman–Crippen MR) is 80.0 cm³/mol. The van der Waals surface area contributed by atoms with Crippen LogP contribution in [0.2, 0.25) is 0 Å². The third kappa shape index (κ3) is 3.39. The Bertz CT molecular complexity index is 583. The molecule has 1 aromatic carbocycles. The van der Waals surface area contributed by atoms with Crippen LogP contribution in [0.15, 0.2) is 41.0 Å². The van der Waals surface area contributed by atoms with E-state index >= 15 is 0 Å². The second-order valence-corrected chi connectivity index (χ2v) is 5.07. The molecule has 1 aromatic heterocycles. The second-order valence-electron chi connectivity index (χ2n) is 4.22. The van der Waals surface area contributed by atoms with Gasteiger partial charge in [-0.05, 0) is 41.9 Å². The highest BCUT2D eigenvalue weighted by atomic mass is 79.9. The number of benzene rings is 1.